The average Bonchev–Trinajstić information content (AvgIpc) is 2.38. The van der Waals surface area contributed by atoms with Crippen molar-refractivity contribution in [3.63, 3.8) is 0 Å². The number of allylic oxidation sites excluding steroid dienone is 1. The van der Waals surface area contributed by atoms with E-state index in [4.69, 9.17) is 4.74 Å². The van der Waals surface area contributed by atoms with Crippen LogP contribution in [-0.2, 0) is 9.53 Å². The van der Waals surface area contributed by atoms with Crippen molar-refractivity contribution in [2.24, 2.45) is 5.92 Å². The van der Waals surface area contributed by atoms with Crippen LogP contribution in [0.2, 0.25) is 0 Å². The molecule has 106 valence electrons. The third-order valence-corrected chi connectivity index (χ3v) is 3.23. The van der Waals surface area contributed by atoms with Crippen LogP contribution in [0.4, 0.5) is 0 Å². The molecule has 2 nitrogen and oxygen atoms in total. The van der Waals surface area contributed by atoms with E-state index in [1.165, 1.54) is 19.3 Å². The van der Waals surface area contributed by atoms with Crippen LogP contribution in [0.25, 0.3) is 0 Å². The Hall–Kier alpha value is -0.790. The molecule has 1 unspecified atom stereocenters. The smallest absolute Gasteiger partial charge is 0.333 e. The predicted octanol–water partition coefficient (Wildman–Crippen LogP) is 4.88. The molecule has 0 aromatic heterocycles. The molecule has 0 fully saturated rings. The van der Waals surface area contributed by atoms with Gasteiger partial charge in [0.25, 0.3) is 0 Å². The van der Waals surface area contributed by atoms with Crippen molar-refractivity contribution in [3.05, 3.63) is 11.6 Å². The van der Waals surface area contributed by atoms with E-state index in [1.807, 2.05) is 6.92 Å². The Morgan fingerprint density at radius 2 is 1.78 bits per heavy atom. The largest absolute Gasteiger partial charge is 0.463 e. The maximum Gasteiger partial charge on any atom is 0.333 e. The van der Waals surface area contributed by atoms with Crippen LogP contribution in [0.15, 0.2) is 11.6 Å². The van der Waals surface area contributed by atoms with Gasteiger partial charge in [-0.2, -0.15) is 0 Å². The molecule has 2 heteroatoms. The molecule has 0 amide bonds. The fourth-order valence-electron chi connectivity index (χ4n) is 2.00. The summed E-state index contributed by atoms with van der Waals surface area (Å²) < 4.78 is 5.14. The number of hydrogen-bond donors (Lipinski definition) is 0. The molecule has 0 rings (SSSR count). The fraction of sp³-hybridized carbons (Fsp3) is 0.812. The van der Waals surface area contributed by atoms with E-state index in [1.54, 1.807) is 0 Å². The van der Waals surface area contributed by atoms with E-state index in [9.17, 15) is 4.79 Å². The first-order chi connectivity index (χ1) is 8.69. The zero-order valence-electron chi connectivity index (χ0n) is 12.6. The summed E-state index contributed by atoms with van der Waals surface area (Å²) in [7, 11) is 0. The zero-order valence-corrected chi connectivity index (χ0v) is 12.6. The van der Waals surface area contributed by atoms with Crippen molar-refractivity contribution >= 4 is 5.97 Å². The summed E-state index contributed by atoms with van der Waals surface area (Å²) in [5, 5.41) is 0. The highest BCUT2D eigenvalue weighted by Gasteiger charge is 2.12. The number of esters is 1. The van der Waals surface area contributed by atoms with E-state index in [-0.39, 0.29) is 5.97 Å². The van der Waals surface area contributed by atoms with Crippen molar-refractivity contribution in [3.8, 4) is 0 Å². The van der Waals surface area contributed by atoms with Crippen LogP contribution in [-0.4, -0.2) is 12.6 Å². The van der Waals surface area contributed by atoms with Gasteiger partial charge in [0.05, 0.1) is 6.61 Å². The van der Waals surface area contributed by atoms with Crippen molar-refractivity contribution in [1.29, 1.82) is 0 Å². The van der Waals surface area contributed by atoms with Crippen molar-refractivity contribution in [2.75, 3.05) is 6.61 Å². The molecule has 18 heavy (non-hydrogen) atoms. The molecule has 0 heterocycles. The number of hydrogen-bond acceptors (Lipinski definition) is 2. The van der Waals surface area contributed by atoms with Gasteiger partial charge in [0.1, 0.15) is 0 Å². The minimum absolute atomic E-state index is 0.110. The summed E-state index contributed by atoms with van der Waals surface area (Å²) >= 11 is 0. The van der Waals surface area contributed by atoms with Crippen LogP contribution in [0.1, 0.15) is 72.6 Å². The molecule has 0 aliphatic heterocycles. The zero-order chi connectivity index (χ0) is 13.8. The second kappa shape index (κ2) is 11.3. The molecule has 0 saturated carbocycles. The maximum absolute atomic E-state index is 11.9. The standard InChI is InChI=1S/C16H30O2/c1-5-9-11-14(7-3)13-15(12-10-6-2)16(17)18-8-4/h13-14H,5-12H2,1-4H3/b15-13+. The first-order valence-corrected chi connectivity index (χ1v) is 7.57. The Balaban J connectivity index is 4.61. The molecule has 0 saturated heterocycles. The third-order valence-electron chi connectivity index (χ3n) is 3.23. The van der Waals surface area contributed by atoms with Crippen molar-refractivity contribution < 1.29 is 9.53 Å². The van der Waals surface area contributed by atoms with Crippen molar-refractivity contribution in [1.82, 2.24) is 0 Å². The lowest BCUT2D eigenvalue weighted by Crippen LogP contribution is -2.10. The summed E-state index contributed by atoms with van der Waals surface area (Å²) in [6, 6.07) is 0. The normalized spacial score (nSPS) is 13.4. The molecular weight excluding hydrogens is 224 g/mol. The van der Waals surface area contributed by atoms with Crippen LogP contribution >= 0.6 is 0 Å². The summed E-state index contributed by atoms with van der Waals surface area (Å²) in [5.41, 5.74) is 0.890. The molecule has 0 aromatic rings. The predicted molar refractivity (Wildman–Crippen MR) is 77.5 cm³/mol. The second-order valence-electron chi connectivity index (χ2n) is 4.83. The molecule has 0 spiro atoms. The van der Waals surface area contributed by atoms with Gasteiger partial charge in [-0.05, 0) is 38.5 Å². The lowest BCUT2D eigenvalue weighted by atomic mass is 9.95. The minimum Gasteiger partial charge on any atom is -0.463 e. The SMILES string of the molecule is CCCC/C(=C\C(CC)CCCC)C(=O)OCC. The number of unbranched alkanes of at least 4 members (excludes halogenated alkanes) is 2. The summed E-state index contributed by atoms with van der Waals surface area (Å²) in [4.78, 5) is 11.9. The molecule has 0 aromatic carbocycles. The van der Waals surface area contributed by atoms with E-state index < -0.39 is 0 Å². The molecule has 0 radical (unpaired) electrons. The van der Waals surface area contributed by atoms with E-state index in [2.05, 4.69) is 26.8 Å². The minimum atomic E-state index is -0.110. The van der Waals surface area contributed by atoms with Gasteiger partial charge in [-0.1, -0.05) is 46.1 Å². The fourth-order valence-corrected chi connectivity index (χ4v) is 2.00. The Bertz CT molecular complexity index is 243. The molecule has 1 atom stereocenters. The summed E-state index contributed by atoms with van der Waals surface area (Å²) in [6.07, 6.45) is 9.95. The number of carbonyl (C=O) groups excluding carboxylic acids is 1. The van der Waals surface area contributed by atoms with Gasteiger partial charge in [0, 0.05) is 5.57 Å². The lowest BCUT2D eigenvalue weighted by molar-refractivity contribution is -0.138. The lowest BCUT2D eigenvalue weighted by Gasteiger charge is -2.13. The quantitative estimate of drug-likeness (QED) is 0.410. The number of ether oxygens (including phenoxy) is 1. The first kappa shape index (κ1) is 17.2. The third kappa shape index (κ3) is 7.52. The highest BCUT2D eigenvalue weighted by atomic mass is 16.5. The Morgan fingerprint density at radius 3 is 2.28 bits per heavy atom. The number of carbonyl (C=O) groups is 1. The van der Waals surface area contributed by atoms with Crippen LogP contribution < -0.4 is 0 Å². The highest BCUT2D eigenvalue weighted by Crippen LogP contribution is 2.19. The first-order valence-electron chi connectivity index (χ1n) is 7.57. The topological polar surface area (TPSA) is 26.3 Å². The van der Waals surface area contributed by atoms with E-state index >= 15 is 0 Å². The van der Waals surface area contributed by atoms with Gasteiger partial charge in [-0.15, -0.1) is 0 Å². The Morgan fingerprint density at radius 1 is 1.11 bits per heavy atom. The second-order valence-corrected chi connectivity index (χ2v) is 4.83. The van der Waals surface area contributed by atoms with Gasteiger partial charge >= 0.3 is 5.97 Å². The maximum atomic E-state index is 11.9. The van der Waals surface area contributed by atoms with Gasteiger partial charge < -0.3 is 4.74 Å². The Labute approximate surface area is 113 Å². The van der Waals surface area contributed by atoms with Gasteiger partial charge in [-0.3, -0.25) is 0 Å². The molecule has 0 bridgehead atoms. The summed E-state index contributed by atoms with van der Waals surface area (Å²) in [6.45, 7) is 8.88. The van der Waals surface area contributed by atoms with Crippen LogP contribution in [0.5, 0.6) is 0 Å². The summed E-state index contributed by atoms with van der Waals surface area (Å²) in [5.74, 6) is 0.419. The van der Waals surface area contributed by atoms with Crippen LogP contribution in [0.3, 0.4) is 0 Å². The monoisotopic (exact) mass is 254 g/mol. The number of rotatable bonds is 10. The highest BCUT2D eigenvalue weighted by molar-refractivity contribution is 5.88. The molecule has 0 aliphatic carbocycles. The average molecular weight is 254 g/mol. The van der Waals surface area contributed by atoms with E-state index in [0.717, 1.165) is 31.3 Å². The molecule has 0 N–H and O–H groups in total. The van der Waals surface area contributed by atoms with Gasteiger partial charge in [-0.25, -0.2) is 4.79 Å². The molecule has 0 aliphatic rings. The van der Waals surface area contributed by atoms with Gasteiger partial charge in [0.2, 0.25) is 0 Å². The van der Waals surface area contributed by atoms with E-state index in [0.29, 0.717) is 12.5 Å². The Kier molecular flexibility index (Phi) is 10.8. The van der Waals surface area contributed by atoms with Crippen molar-refractivity contribution in [2.45, 2.75) is 72.6 Å². The van der Waals surface area contributed by atoms with Crippen LogP contribution in [0, 0.1) is 5.92 Å². The molecular formula is C16H30O2. The van der Waals surface area contributed by atoms with Gasteiger partial charge in [0.15, 0.2) is 0 Å².